The highest BCUT2D eigenvalue weighted by Crippen LogP contribution is 2.36. The molecule has 1 saturated carbocycles. The summed E-state index contributed by atoms with van der Waals surface area (Å²) in [5, 5.41) is 3.49. The van der Waals surface area contributed by atoms with Gasteiger partial charge in [-0.25, -0.2) is 0 Å². The zero-order valence-electron chi connectivity index (χ0n) is 11.9. The Kier molecular flexibility index (Phi) is 3.59. The van der Waals surface area contributed by atoms with Crippen LogP contribution in [0.3, 0.4) is 0 Å². The summed E-state index contributed by atoms with van der Waals surface area (Å²) < 4.78 is 0. The molecule has 3 N–H and O–H groups in total. The molecule has 2 aromatic rings. The molecule has 1 aliphatic rings. The summed E-state index contributed by atoms with van der Waals surface area (Å²) in [6.07, 6.45) is 3.77. The first-order valence-corrected chi connectivity index (χ1v) is 7.26. The molecule has 1 aromatic carbocycles. The van der Waals surface area contributed by atoms with Gasteiger partial charge in [-0.3, -0.25) is 4.98 Å². The van der Waals surface area contributed by atoms with Crippen molar-refractivity contribution in [2.45, 2.75) is 32.7 Å². The normalized spacial score (nSPS) is 14.2. The Balaban J connectivity index is 1.74. The number of nitrogen functional groups attached to an aromatic ring is 1. The molecule has 1 aromatic heterocycles. The molecule has 3 heteroatoms. The lowest BCUT2D eigenvalue weighted by Gasteiger charge is -2.14. The largest absolute Gasteiger partial charge is 0.398 e. The molecule has 0 saturated heterocycles. The zero-order chi connectivity index (χ0) is 13.9. The molecule has 0 spiro atoms. The molecule has 20 heavy (non-hydrogen) atoms. The zero-order valence-corrected chi connectivity index (χ0v) is 11.9. The highest BCUT2D eigenvalue weighted by molar-refractivity contribution is 5.63. The highest BCUT2D eigenvalue weighted by Gasteiger charge is 2.23. The summed E-state index contributed by atoms with van der Waals surface area (Å²) in [6, 6.07) is 12.2. The predicted molar refractivity (Wildman–Crippen MR) is 83.6 cm³/mol. The number of nitrogens with zero attached hydrogens (tertiary/aromatic N) is 1. The molecular weight excluding hydrogens is 246 g/mol. The lowest BCUT2D eigenvalue weighted by atomic mass is 10.0. The molecule has 0 atom stereocenters. The molecule has 1 fully saturated rings. The SMILES string of the molecule is Cc1cccc(CNc2cccc(N)c2CC2CC2)n1. The van der Waals surface area contributed by atoms with Crippen molar-refractivity contribution >= 4 is 11.4 Å². The van der Waals surface area contributed by atoms with Gasteiger partial charge in [0.05, 0.1) is 12.2 Å². The summed E-state index contributed by atoms with van der Waals surface area (Å²) in [5.74, 6) is 0.831. The molecule has 0 aliphatic heterocycles. The number of pyridine rings is 1. The number of nitrogens with two attached hydrogens (primary N) is 1. The summed E-state index contributed by atoms with van der Waals surface area (Å²) in [5.41, 5.74) is 11.6. The van der Waals surface area contributed by atoms with E-state index in [-0.39, 0.29) is 0 Å². The minimum absolute atomic E-state index is 0.739. The van der Waals surface area contributed by atoms with Gasteiger partial charge in [-0.2, -0.15) is 0 Å². The van der Waals surface area contributed by atoms with Crippen LogP contribution >= 0.6 is 0 Å². The summed E-state index contributed by atoms with van der Waals surface area (Å²) in [4.78, 5) is 4.52. The number of hydrogen-bond acceptors (Lipinski definition) is 3. The summed E-state index contributed by atoms with van der Waals surface area (Å²) >= 11 is 0. The van der Waals surface area contributed by atoms with Crippen LogP contribution < -0.4 is 11.1 Å². The van der Waals surface area contributed by atoms with Gasteiger partial charge >= 0.3 is 0 Å². The van der Waals surface area contributed by atoms with Gasteiger partial charge in [0.2, 0.25) is 0 Å². The quantitative estimate of drug-likeness (QED) is 0.815. The van der Waals surface area contributed by atoms with Gasteiger partial charge in [0, 0.05) is 17.1 Å². The van der Waals surface area contributed by atoms with E-state index >= 15 is 0 Å². The topological polar surface area (TPSA) is 50.9 Å². The van der Waals surface area contributed by atoms with Crippen LogP contribution in [0.4, 0.5) is 11.4 Å². The van der Waals surface area contributed by atoms with Crippen molar-refractivity contribution in [2.24, 2.45) is 5.92 Å². The van der Waals surface area contributed by atoms with Crippen LogP contribution in [-0.4, -0.2) is 4.98 Å². The molecule has 0 bridgehead atoms. The van der Waals surface area contributed by atoms with Crippen molar-refractivity contribution in [1.29, 1.82) is 0 Å². The lowest BCUT2D eigenvalue weighted by Crippen LogP contribution is -2.07. The van der Waals surface area contributed by atoms with Gasteiger partial charge in [0.25, 0.3) is 0 Å². The second-order valence-corrected chi connectivity index (χ2v) is 5.64. The molecule has 1 heterocycles. The smallest absolute Gasteiger partial charge is 0.0597 e. The van der Waals surface area contributed by atoms with Crippen molar-refractivity contribution < 1.29 is 0 Å². The maximum atomic E-state index is 6.13. The third kappa shape index (κ3) is 3.10. The van der Waals surface area contributed by atoms with E-state index in [1.54, 1.807) is 0 Å². The number of anilines is 2. The van der Waals surface area contributed by atoms with Gasteiger partial charge < -0.3 is 11.1 Å². The molecule has 0 amide bonds. The third-order valence-corrected chi connectivity index (χ3v) is 3.81. The summed E-state index contributed by atoms with van der Waals surface area (Å²) in [7, 11) is 0. The number of rotatable bonds is 5. The molecule has 0 radical (unpaired) electrons. The molecule has 1 aliphatic carbocycles. The minimum atomic E-state index is 0.739. The molecule has 104 valence electrons. The Morgan fingerprint density at radius 3 is 2.75 bits per heavy atom. The monoisotopic (exact) mass is 267 g/mol. The van der Waals surface area contributed by atoms with Crippen LogP contribution in [0.25, 0.3) is 0 Å². The number of hydrogen-bond donors (Lipinski definition) is 2. The fourth-order valence-corrected chi connectivity index (χ4v) is 2.49. The average Bonchev–Trinajstić information content (AvgIpc) is 3.24. The van der Waals surface area contributed by atoms with Crippen LogP contribution in [0.1, 0.15) is 29.8 Å². The van der Waals surface area contributed by atoms with E-state index < -0.39 is 0 Å². The fraction of sp³-hybridized carbons (Fsp3) is 0.353. The van der Waals surface area contributed by atoms with Gasteiger partial charge in [0.15, 0.2) is 0 Å². The number of aryl methyl sites for hydroxylation is 1. The van der Waals surface area contributed by atoms with Gasteiger partial charge in [-0.1, -0.05) is 12.1 Å². The van der Waals surface area contributed by atoms with Crippen LogP contribution in [-0.2, 0) is 13.0 Å². The first-order valence-electron chi connectivity index (χ1n) is 7.26. The van der Waals surface area contributed by atoms with Crippen molar-refractivity contribution in [1.82, 2.24) is 4.98 Å². The van der Waals surface area contributed by atoms with E-state index in [2.05, 4.69) is 16.4 Å². The Hall–Kier alpha value is -2.03. The maximum Gasteiger partial charge on any atom is 0.0597 e. The average molecular weight is 267 g/mol. The Labute approximate surface area is 120 Å². The Bertz CT molecular complexity index is 603. The van der Waals surface area contributed by atoms with E-state index in [1.165, 1.54) is 18.4 Å². The van der Waals surface area contributed by atoms with Crippen molar-refractivity contribution in [3.63, 3.8) is 0 Å². The van der Waals surface area contributed by atoms with E-state index in [1.807, 2.05) is 37.3 Å². The maximum absolute atomic E-state index is 6.13. The van der Waals surface area contributed by atoms with Gasteiger partial charge in [-0.05, 0) is 61.9 Å². The lowest BCUT2D eigenvalue weighted by molar-refractivity contribution is 0.833. The van der Waals surface area contributed by atoms with E-state index in [9.17, 15) is 0 Å². The fourth-order valence-electron chi connectivity index (χ4n) is 2.49. The van der Waals surface area contributed by atoms with E-state index in [4.69, 9.17) is 5.73 Å². The van der Waals surface area contributed by atoms with Crippen LogP contribution in [0.5, 0.6) is 0 Å². The van der Waals surface area contributed by atoms with Crippen molar-refractivity contribution in [3.05, 3.63) is 53.3 Å². The number of benzene rings is 1. The van der Waals surface area contributed by atoms with Crippen LogP contribution in [0.2, 0.25) is 0 Å². The minimum Gasteiger partial charge on any atom is -0.398 e. The van der Waals surface area contributed by atoms with Crippen LogP contribution in [0, 0.1) is 12.8 Å². The van der Waals surface area contributed by atoms with Crippen molar-refractivity contribution in [2.75, 3.05) is 11.1 Å². The molecular formula is C17H21N3. The Morgan fingerprint density at radius 1 is 1.20 bits per heavy atom. The molecule has 3 nitrogen and oxygen atoms in total. The second kappa shape index (κ2) is 5.53. The van der Waals surface area contributed by atoms with E-state index in [0.29, 0.717) is 0 Å². The predicted octanol–water partition coefficient (Wildman–Crippen LogP) is 3.54. The second-order valence-electron chi connectivity index (χ2n) is 5.64. The van der Waals surface area contributed by atoms with Gasteiger partial charge in [-0.15, -0.1) is 0 Å². The first-order chi connectivity index (χ1) is 9.72. The standard InChI is InChI=1S/C17H21N3/c1-12-4-2-5-14(20-12)11-19-17-7-3-6-16(18)15(17)10-13-8-9-13/h2-7,13,19H,8-11,18H2,1H3. The highest BCUT2D eigenvalue weighted by atomic mass is 14.9. The number of nitrogens with one attached hydrogen (secondary N) is 1. The van der Waals surface area contributed by atoms with Crippen molar-refractivity contribution in [3.8, 4) is 0 Å². The third-order valence-electron chi connectivity index (χ3n) is 3.81. The summed E-state index contributed by atoms with van der Waals surface area (Å²) in [6.45, 7) is 2.76. The van der Waals surface area contributed by atoms with Crippen LogP contribution in [0.15, 0.2) is 36.4 Å². The van der Waals surface area contributed by atoms with Gasteiger partial charge in [0.1, 0.15) is 0 Å². The first kappa shape index (κ1) is 13.0. The molecule has 0 unspecified atom stereocenters. The number of aromatic nitrogens is 1. The molecule has 3 rings (SSSR count). The van der Waals surface area contributed by atoms with E-state index in [0.717, 1.165) is 41.6 Å². The Morgan fingerprint density at radius 2 is 2.00 bits per heavy atom.